The van der Waals surface area contributed by atoms with E-state index in [0.29, 0.717) is 5.75 Å². The lowest BCUT2D eigenvalue weighted by Crippen LogP contribution is -2.37. The fraction of sp³-hybridized carbons (Fsp3) is 0.333. The van der Waals surface area contributed by atoms with Crippen LogP contribution in [-0.4, -0.2) is 32.7 Å². The molecule has 0 bridgehead atoms. The molecule has 5 heteroatoms. The van der Waals surface area contributed by atoms with Crippen LogP contribution in [0.1, 0.15) is 11.1 Å². The molecule has 0 saturated carbocycles. The second-order valence-electron chi connectivity index (χ2n) is 4.94. The van der Waals surface area contributed by atoms with Crippen LogP contribution in [0.25, 0.3) is 0 Å². The van der Waals surface area contributed by atoms with E-state index in [9.17, 15) is 4.79 Å². The van der Waals surface area contributed by atoms with Crippen molar-refractivity contribution in [2.45, 2.75) is 18.1 Å². The first-order valence-electron chi connectivity index (χ1n) is 6.69. The average Bonchev–Trinajstić information content (AvgIpc) is 2.89. The van der Waals surface area contributed by atoms with Crippen LogP contribution in [0.15, 0.2) is 41.8 Å². The molecule has 104 valence electrons. The predicted molar refractivity (Wildman–Crippen MR) is 79.5 cm³/mol. The number of aryl methyl sites for hydroxylation is 1. The normalized spacial score (nSPS) is 14.2. The highest BCUT2D eigenvalue weighted by atomic mass is 32.2. The number of hydrogen-bond acceptors (Lipinski definition) is 3. The number of benzene rings is 1. The third kappa shape index (κ3) is 2.72. The monoisotopic (exact) mass is 287 g/mol. The Morgan fingerprint density at radius 3 is 2.90 bits per heavy atom. The summed E-state index contributed by atoms with van der Waals surface area (Å²) in [5.74, 6) is 0.639. The van der Waals surface area contributed by atoms with Crippen LogP contribution in [0.5, 0.6) is 0 Å². The molecular weight excluding hydrogens is 270 g/mol. The predicted octanol–water partition coefficient (Wildman–Crippen LogP) is 2.10. The van der Waals surface area contributed by atoms with E-state index in [1.807, 2.05) is 28.8 Å². The fourth-order valence-electron chi connectivity index (χ4n) is 2.42. The lowest BCUT2D eigenvalue weighted by atomic mass is 10.00. The van der Waals surface area contributed by atoms with Crippen molar-refractivity contribution in [3.8, 4) is 0 Å². The molecule has 0 fully saturated rings. The van der Waals surface area contributed by atoms with Crippen LogP contribution in [0.3, 0.4) is 0 Å². The lowest BCUT2D eigenvalue weighted by Gasteiger charge is -2.28. The summed E-state index contributed by atoms with van der Waals surface area (Å²) in [6.45, 7) is 1.55. The van der Waals surface area contributed by atoms with Gasteiger partial charge in [0.1, 0.15) is 0 Å². The first kappa shape index (κ1) is 13.2. The molecule has 1 aromatic carbocycles. The largest absolute Gasteiger partial charge is 0.337 e. The van der Waals surface area contributed by atoms with E-state index in [4.69, 9.17) is 0 Å². The third-order valence-electron chi connectivity index (χ3n) is 3.59. The van der Waals surface area contributed by atoms with Crippen LogP contribution in [0, 0.1) is 0 Å². The van der Waals surface area contributed by atoms with Crippen molar-refractivity contribution in [2.75, 3.05) is 12.3 Å². The molecule has 0 radical (unpaired) electrons. The smallest absolute Gasteiger partial charge is 0.233 e. The SMILES string of the molecule is Cn1ccnc1SCC(=O)N1CCc2ccccc2C1. The maximum absolute atomic E-state index is 12.3. The molecule has 1 aromatic heterocycles. The summed E-state index contributed by atoms with van der Waals surface area (Å²) in [6, 6.07) is 8.36. The number of amides is 1. The van der Waals surface area contributed by atoms with Crippen LogP contribution >= 0.6 is 11.8 Å². The zero-order chi connectivity index (χ0) is 13.9. The number of nitrogens with zero attached hydrogens (tertiary/aromatic N) is 3. The van der Waals surface area contributed by atoms with Gasteiger partial charge in [-0.05, 0) is 17.5 Å². The van der Waals surface area contributed by atoms with E-state index in [2.05, 4.69) is 23.2 Å². The van der Waals surface area contributed by atoms with Crippen LogP contribution in [0.2, 0.25) is 0 Å². The molecule has 0 aliphatic carbocycles. The van der Waals surface area contributed by atoms with E-state index in [1.54, 1.807) is 6.20 Å². The van der Waals surface area contributed by atoms with Crippen molar-refractivity contribution in [3.63, 3.8) is 0 Å². The van der Waals surface area contributed by atoms with Crippen LogP contribution < -0.4 is 0 Å². The molecule has 0 saturated heterocycles. The molecule has 0 atom stereocenters. The summed E-state index contributed by atoms with van der Waals surface area (Å²) >= 11 is 1.50. The van der Waals surface area contributed by atoms with Crippen molar-refractivity contribution in [1.82, 2.24) is 14.5 Å². The highest BCUT2D eigenvalue weighted by Crippen LogP contribution is 2.21. The zero-order valence-corrected chi connectivity index (χ0v) is 12.3. The minimum Gasteiger partial charge on any atom is -0.337 e. The van der Waals surface area contributed by atoms with Gasteiger partial charge in [-0.1, -0.05) is 36.0 Å². The number of carbonyl (C=O) groups is 1. The van der Waals surface area contributed by atoms with Gasteiger partial charge in [0.15, 0.2) is 5.16 Å². The lowest BCUT2D eigenvalue weighted by molar-refractivity contribution is -0.129. The van der Waals surface area contributed by atoms with E-state index < -0.39 is 0 Å². The molecule has 4 nitrogen and oxygen atoms in total. The summed E-state index contributed by atoms with van der Waals surface area (Å²) in [4.78, 5) is 18.4. The molecule has 2 aromatic rings. The van der Waals surface area contributed by atoms with E-state index in [0.717, 1.165) is 24.7 Å². The second-order valence-corrected chi connectivity index (χ2v) is 5.89. The second kappa shape index (κ2) is 5.71. The number of thioether (sulfide) groups is 1. The van der Waals surface area contributed by atoms with Gasteiger partial charge in [0.25, 0.3) is 0 Å². The average molecular weight is 287 g/mol. The summed E-state index contributed by atoms with van der Waals surface area (Å²) in [7, 11) is 1.94. The van der Waals surface area contributed by atoms with Crippen molar-refractivity contribution >= 4 is 17.7 Å². The first-order valence-corrected chi connectivity index (χ1v) is 7.67. The molecule has 2 heterocycles. The van der Waals surface area contributed by atoms with Gasteiger partial charge < -0.3 is 9.47 Å². The minimum absolute atomic E-state index is 0.188. The minimum atomic E-state index is 0.188. The Balaban J connectivity index is 1.60. The van der Waals surface area contributed by atoms with E-state index in [1.165, 1.54) is 22.9 Å². The molecule has 1 aliphatic heterocycles. The topological polar surface area (TPSA) is 38.1 Å². The maximum atomic E-state index is 12.3. The third-order valence-corrected chi connectivity index (χ3v) is 4.63. The van der Waals surface area contributed by atoms with E-state index in [-0.39, 0.29) is 5.91 Å². The van der Waals surface area contributed by atoms with Gasteiger partial charge in [0.05, 0.1) is 5.75 Å². The molecule has 0 unspecified atom stereocenters. The van der Waals surface area contributed by atoms with Gasteiger partial charge >= 0.3 is 0 Å². The molecule has 1 aliphatic rings. The van der Waals surface area contributed by atoms with Crippen molar-refractivity contribution in [3.05, 3.63) is 47.8 Å². The zero-order valence-electron chi connectivity index (χ0n) is 11.5. The highest BCUT2D eigenvalue weighted by molar-refractivity contribution is 7.99. The highest BCUT2D eigenvalue weighted by Gasteiger charge is 2.20. The quantitative estimate of drug-likeness (QED) is 0.811. The summed E-state index contributed by atoms with van der Waals surface area (Å²) in [5, 5.41) is 0.885. The Morgan fingerprint density at radius 1 is 1.35 bits per heavy atom. The Morgan fingerprint density at radius 2 is 2.15 bits per heavy atom. The fourth-order valence-corrected chi connectivity index (χ4v) is 3.25. The Bertz CT molecular complexity index is 623. The molecule has 0 N–H and O–H groups in total. The van der Waals surface area contributed by atoms with E-state index >= 15 is 0 Å². The molecule has 3 rings (SSSR count). The Labute approximate surface area is 122 Å². The standard InChI is InChI=1S/C15H17N3OS/c1-17-9-7-16-15(17)20-11-14(19)18-8-6-12-4-2-3-5-13(12)10-18/h2-5,7,9H,6,8,10-11H2,1H3. The molecule has 1 amide bonds. The van der Waals surface area contributed by atoms with Crippen LogP contribution in [-0.2, 0) is 24.8 Å². The molecular formula is C15H17N3OS. The maximum Gasteiger partial charge on any atom is 0.233 e. The number of fused-ring (bicyclic) bond motifs is 1. The molecule has 0 spiro atoms. The van der Waals surface area contributed by atoms with Crippen molar-refractivity contribution < 1.29 is 4.79 Å². The Hall–Kier alpha value is -1.75. The first-order chi connectivity index (χ1) is 9.74. The number of aromatic nitrogens is 2. The number of carbonyl (C=O) groups excluding carboxylic acids is 1. The number of rotatable bonds is 3. The summed E-state index contributed by atoms with van der Waals surface area (Å²) < 4.78 is 1.93. The van der Waals surface area contributed by atoms with Crippen LogP contribution in [0.4, 0.5) is 0 Å². The summed E-state index contributed by atoms with van der Waals surface area (Å²) in [5.41, 5.74) is 2.64. The van der Waals surface area contributed by atoms with Gasteiger partial charge in [0, 0.05) is 32.5 Å². The number of hydrogen-bond donors (Lipinski definition) is 0. The van der Waals surface area contributed by atoms with Gasteiger partial charge in [0.2, 0.25) is 5.91 Å². The summed E-state index contributed by atoms with van der Waals surface area (Å²) in [6.07, 6.45) is 4.60. The van der Waals surface area contributed by atoms with Gasteiger partial charge in [-0.25, -0.2) is 4.98 Å². The van der Waals surface area contributed by atoms with Gasteiger partial charge in [-0.3, -0.25) is 4.79 Å². The molecule has 20 heavy (non-hydrogen) atoms. The number of imidazole rings is 1. The van der Waals surface area contributed by atoms with Crippen molar-refractivity contribution in [2.24, 2.45) is 7.05 Å². The van der Waals surface area contributed by atoms with Gasteiger partial charge in [-0.2, -0.15) is 0 Å². The van der Waals surface area contributed by atoms with Crippen molar-refractivity contribution in [1.29, 1.82) is 0 Å². The Kier molecular flexibility index (Phi) is 3.78. The van der Waals surface area contributed by atoms with Gasteiger partial charge in [-0.15, -0.1) is 0 Å².